The van der Waals surface area contributed by atoms with Crippen LogP contribution in [0.3, 0.4) is 0 Å². The quantitative estimate of drug-likeness (QED) is 0.771. The number of hydrogen-bond donors (Lipinski definition) is 1. The number of rotatable bonds is 2. The Hall–Kier alpha value is -1.76. The minimum absolute atomic E-state index is 0.0200. The summed E-state index contributed by atoms with van der Waals surface area (Å²) in [5.74, 6) is -0.0619. The lowest BCUT2D eigenvalue weighted by molar-refractivity contribution is -0.145. The highest BCUT2D eigenvalue weighted by Gasteiger charge is 2.71. The third-order valence-corrected chi connectivity index (χ3v) is 5.88. The molecule has 24 heavy (non-hydrogen) atoms. The molecular weight excluding hydrogens is 312 g/mol. The van der Waals surface area contributed by atoms with E-state index in [1.807, 2.05) is 11.8 Å². The maximum absolute atomic E-state index is 12.9. The van der Waals surface area contributed by atoms with Crippen LogP contribution in [0.4, 0.5) is 4.79 Å². The standard InChI is InChI=1S/C17H24N2O5/c1-17-12(24-17)8-10-11(14(20)19-6-4-3-5-7-19)9-22-15(13(10)17)23-16(21)18-2/h9-10,12-13,15H,3-8H2,1-2H3,(H,18,21)/t10-,12+,13-,15+,17+/m1/s1. The lowest BCUT2D eigenvalue weighted by Gasteiger charge is -2.38. The summed E-state index contributed by atoms with van der Waals surface area (Å²) in [6, 6.07) is 0. The van der Waals surface area contributed by atoms with Crippen molar-refractivity contribution in [1.82, 2.24) is 10.2 Å². The molecular formula is C17H24N2O5. The van der Waals surface area contributed by atoms with Gasteiger partial charge in [0.2, 0.25) is 0 Å². The Bertz CT molecular complexity index is 586. The van der Waals surface area contributed by atoms with Gasteiger partial charge in [-0.25, -0.2) is 4.79 Å². The summed E-state index contributed by atoms with van der Waals surface area (Å²) >= 11 is 0. The van der Waals surface area contributed by atoms with Gasteiger partial charge in [0.05, 0.1) is 23.9 Å². The van der Waals surface area contributed by atoms with E-state index >= 15 is 0 Å². The van der Waals surface area contributed by atoms with Crippen molar-refractivity contribution in [2.45, 2.75) is 50.6 Å². The van der Waals surface area contributed by atoms with Gasteiger partial charge in [0.15, 0.2) is 0 Å². The maximum atomic E-state index is 12.9. The average molecular weight is 336 g/mol. The van der Waals surface area contributed by atoms with Gasteiger partial charge in [0.25, 0.3) is 12.2 Å². The smallest absolute Gasteiger partial charge is 0.409 e. The van der Waals surface area contributed by atoms with Crippen LogP contribution in [-0.4, -0.2) is 55.0 Å². The third kappa shape index (κ3) is 2.37. The Kier molecular flexibility index (Phi) is 3.71. The van der Waals surface area contributed by atoms with Crippen LogP contribution in [0.25, 0.3) is 0 Å². The molecule has 7 nitrogen and oxygen atoms in total. The van der Waals surface area contributed by atoms with Gasteiger partial charge in [0, 0.05) is 26.1 Å². The van der Waals surface area contributed by atoms with E-state index < -0.39 is 12.4 Å². The SMILES string of the molecule is CNC(=O)O[C@@H]1OC=C(C(=O)N2CCCCC2)[C@H]2C[C@@H]3O[C@]3(C)[C@@H]12. The molecule has 2 saturated heterocycles. The summed E-state index contributed by atoms with van der Waals surface area (Å²) in [4.78, 5) is 26.4. The molecule has 0 radical (unpaired) electrons. The second-order valence-electron chi connectivity index (χ2n) is 7.24. The van der Waals surface area contributed by atoms with Gasteiger partial charge < -0.3 is 24.4 Å². The van der Waals surface area contributed by atoms with Crippen LogP contribution < -0.4 is 5.32 Å². The molecule has 0 bridgehead atoms. The summed E-state index contributed by atoms with van der Waals surface area (Å²) in [7, 11) is 1.51. The first-order chi connectivity index (χ1) is 11.5. The van der Waals surface area contributed by atoms with Crippen molar-refractivity contribution >= 4 is 12.0 Å². The first-order valence-electron chi connectivity index (χ1n) is 8.75. The normalized spacial score (nSPS) is 39.9. The first-order valence-corrected chi connectivity index (χ1v) is 8.75. The zero-order valence-corrected chi connectivity index (χ0v) is 14.1. The summed E-state index contributed by atoms with van der Waals surface area (Å²) in [6.45, 7) is 3.63. The van der Waals surface area contributed by atoms with Crippen molar-refractivity contribution in [3.63, 3.8) is 0 Å². The van der Waals surface area contributed by atoms with Crippen molar-refractivity contribution in [1.29, 1.82) is 0 Å². The van der Waals surface area contributed by atoms with E-state index in [1.165, 1.54) is 19.7 Å². The highest BCUT2D eigenvalue weighted by molar-refractivity contribution is 5.94. The molecule has 0 spiro atoms. The zero-order valence-electron chi connectivity index (χ0n) is 14.1. The number of ether oxygens (including phenoxy) is 3. The van der Waals surface area contributed by atoms with Crippen LogP contribution in [0.1, 0.15) is 32.6 Å². The average Bonchev–Trinajstić information content (AvgIpc) is 3.16. The van der Waals surface area contributed by atoms with Crippen molar-refractivity contribution in [3.05, 3.63) is 11.8 Å². The van der Waals surface area contributed by atoms with Crippen LogP contribution in [-0.2, 0) is 19.0 Å². The molecule has 0 aromatic heterocycles. The number of carbonyl (C=O) groups is 2. The molecule has 7 heteroatoms. The number of likely N-dealkylation sites (tertiary alicyclic amines) is 1. The minimum Gasteiger partial charge on any atom is -0.461 e. The molecule has 1 N–H and O–H groups in total. The number of fused-ring (bicyclic) bond motifs is 3. The van der Waals surface area contributed by atoms with Gasteiger partial charge in [-0.1, -0.05) is 0 Å². The molecule has 0 aromatic rings. The van der Waals surface area contributed by atoms with Crippen LogP contribution in [0.2, 0.25) is 0 Å². The summed E-state index contributed by atoms with van der Waals surface area (Å²) in [6.07, 6.45) is 4.45. The Morgan fingerprint density at radius 1 is 1.33 bits per heavy atom. The van der Waals surface area contributed by atoms with Gasteiger partial charge in [-0.15, -0.1) is 0 Å². The third-order valence-electron chi connectivity index (χ3n) is 5.88. The van der Waals surface area contributed by atoms with Gasteiger partial charge in [0.1, 0.15) is 5.60 Å². The summed E-state index contributed by atoms with van der Waals surface area (Å²) in [5.41, 5.74) is 0.334. The van der Waals surface area contributed by atoms with Crippen LogP contribution in [0.15, 0.2) is 11.8 Å². The minimum atomic E-state index is -0.717. The molecule has 0 aromatic carbocycles. The Morgan fingerprint density at radius 3 is 2.79 bits per heavy atom. The highest BCUT2D eigenvalue weighted by atomic mass is 16.7. The predicted octanol–water partition coefficient (Wildman–Crippen LogP) is 1.39. The number of epoxide rings is 1. The number of piperidine rings is 1. The van der Waals surface area contributed by atoms with E-state index in [2.05, 4.69) is 5.32 Å². The van der Waals surface area contributed by atoms with E-state index in [9.17, 15) is 9.59 Å². The molecule has 4 rings (SSSR count). The number of alkyl carbamates (subject to hydrolysis) is 1. The highest BCUT2D eigenvalue weighted by Crippen LogP contribution is 2.61. The van der Waals surface area contributed by atoms with E-state index in [0.717, 1.165) is 32.4 Å². The largest absolute Gasteiger partial charge is 0.461 e. The number of carbonyl (C=O) groups excluding carboxylic acids is 2. The molecule has 4 aliphatic rings. The fraction of sp³-hybridized carbons (Fsp3) is 0.765. The number of nitrogens with one attached hydrogen (secondary N) is 1. The second-order valence-corrected chi connectivity index (χ2v) is 7.24. The zero-order chi connectivity index (χ0) is 16.9. The lowest BCUT2D eigenvalue weighted by Crippen LogP contribution is -2.46. The molecule has 2 amide bonds. The molecule has 5 atom stereocenters. The molecule has 1 aliphatic carbocycles. The lowest BCUT2D eigenvalue weighted by atomic mass is 9.81. The molecule has 132 valence electrons. The molecule has 3 fully saturated rings. The van der Waals surface area contributed by atoms with Crippen LogP contribution in [0.5, 0.6) is 0 Å². The molecule has 0 unspecified atom stereocenters. The first kappa shape index (κ1) is 15.7. The summed E-state index contributed by atoms with van der Waals surface area (Å²) in [5, 5.41) is 2.44. The predicted molar refractivity (Wildman–Crippen MR) is 83.8 cm³/mol. The fourth-order valence-corrected chi connectivity index (χ4v) is 4.47. The molecule has 1 saturated carbocycles. The number of hydrogen-bond acceptors (Lipinski definition) is 5. The maximum Gasteiger partial charge on any atom is 0.409 e. The number of nitrogens with zero attached hydrogens (tertiary/aromatic N) is 1. The Balaban J connectivity index is 1.56. The Labute approximate surface area is 141 Å². The van der Waals surface area contributed by atoms with E-state index in [1.54, 1.807) is 0 Å². The van der Waals surface area contributed by atoms with Gasteiger partial charge >= 0.3 is 6.09 Å². The van der Waals surface area contributed by atoms with Crippen molar-refractivity contribution < 1.29 is 23.8 Å². The summed E-state index contributed by atoms with van der Waals surface area (Å²) < 4.78 is 16.8. The fourth-order valence-electron chi connectivity index (χ4n) is 4.47. The van der Waals surface area contributed by atoms with Gasteiger partial charge in [-0.2, -0.15) is 0 Å². The second kappa shape index (κ2) is 5.65. The van der Waals surface area contributed by atoms with Crippen molar-refractivity contribution in [3.8, 4) is 0 Å². The van der Waals surface area contributed by atoms with E-state index in [-0.39, 0.29) is 29.4 Å². The molecule has 3 heterocycles. The monoisotopic (exact) mass is 336 g/mol. The van der Waals surface area contributed by atoms with E-state index in [0.29, 0.717) is 5.57 Å². The van der Waals surface area contributed by atoms with Crippen LogP contribution >= 0.6 is 0 Å². The Morgan fingerprint density at radius 2 is 2.08 bits per heavy atom. The van der Waals surface area contributed by atoms with Gasteiger partial charge in [-0.3, -0.25) is 4.79 Å². The topological polar surface area (TPSA) is 80.4 Å². The number of amides is 2. The van der Waals surface area contributed by atoms with E-state index in [4.69, 9.17) is 14.2 Å². The van der Waals surface area contributed by atoms with Gasteiger partial charge in [-0.05, 0) is 32.6 Å². The van der Waals surface area contributed by atoms with Crippen molar-refractivity contribution in [2.24, 2.45) is 11.8 Å². The van der Waals surface area contributed by atoms with Crippen LogP contribution in [0, 0.1) is 11.8 Å². The molecule has 3 aliphatic heterocycles. The van der Waals surface area contributed by atoms with Crippen molar-refractivity contribution in [2.75, 3.05) is 20.1 Å².